The number of anilines is 2. The summed E-state index contributed by atoms with van der Waals surface area (Å²) < 4.78 is 6.79. The Morgan fingerprint density at radius 3 is 2.46 bits per heavy atom. The number of hydrogen-bond donors (Lipinski definition) is 1. The van der Waals surface area contributed by atoms with Crippen molar-refractivity contribution in [3.8, 4) is 0 Å². The molecule has 1 N–H and O–H groups in total. The van der Waals surface area contributed by atoms with Crippen LogP contribution in [0, 0.1) is 5.92 Å². The minimum Gasteiger partial charge on any atom is -0.456 e. The van der Waals surface area contributed by atoms with Crippen molar-refractivity contribution in [2.75, 3.05) is 4.90 Å². The summed E-state index contributed by atoms with van der Waals surface area (Å²) in [7, 11) is 0. The number of aliphatic imine (C=N–C) groups is 2. The Labute approximate surface area is 325 Å². The van der Waals surface area contributed by atoms with Gasteiger partial charge in [0.1, 0.15) is 23.3 Å². The Morgan fingerprint density at radius 1 is 0.732 bits per heavy atom. The fourth-order valence-electron chi connectivity index (χ4n) is 9.59. The highest BCUT2D eigenvalue weighted by Crippen LogP contribution is 2.50. The Balaban J connectivity index is 0.919. The first-order valence-corrected chi connectivity index (χ1v) is 19.8. The average molecular weight is 723 g/mol. The molecule has 4 atom stereocenters. The van der Waals surface area contributed by atoms with E-state index in [-0.39, 0.29) is 12.2 Å². The first-order valence-electron chi connectivity index (χ1n) is 19.8. The number of fused-ring (bicyclic) bond motifs is 9. The zero-order valence-corrected chi connectivity index (χ0v) is 30.8. The average Bonchev–Trinajstić information content (AvgIpc) is 3.79. The van der Waals surface area contributed by atoms with E-state index in [2.05, 4.69) is 174 Å². The van der Waals surface area contributed by atoms with Crippen LogP contribution in [0.1, 0.15) is 47.4 Å². The fourth-order valence-corrected chi connectivity index (χ4v) is 9.59. The van der Waals surface area contributed by atoms with E-state index in [9.17, 15) is 0 Å². The fraction of sp³-hybridized carbons (Fsp3) is 0.137. The van der Waals surface area contributed by atoms with Gasteiger partial charge in [0, 0.05) is 45.8 Å². The number of aryl methyl sites for hydroxylation is 1. The largest absolute Gasteiger partial charge is 0.456 e. The summed E-state index contributed by atoms with van der Waals surface area (Å²) in [6.45, 7) is 0. The third-order valence-electron chi connectivity index (χ3n) is 12.4. The van der Waals surface area contributed by atoms with E-state index < -0.39 is 0 Å². The van der Waals surface area contributed by atoms with Crippen LogP contribution in [0.25, 0.3) is 38.6 Å². The summed E-state index contributed by atoms with van der Waals surface area (Å²) in [6, 6.07) is 35.6. The standard InChI is InChI=1S/C51H38N4O/c1-3-11-33-25-37(19-17-31(33)9-1)49-52-50(38-20-18-32-10-2-4-12-34(32)26-38)54-51(53-49)39-21-23-42-43-24-22-40(30-48(43)56-47(42)29-39)55-45-16-8-7-15-41(45)44-27-35-13-5-6-14-36(35)28-46(44)55/h1-17,19-20,22,24-30,32,41,45,49H,18,21,23H2,(H,52,53,54). The number of allylic oxidation sites excluding steroid dienone is 8. The van der Waals surface area contributed by atoms with Gasteiger partial charge < -0.3 is 14.6 Å². The zero-order chi connectivity index (χ0) is 36.7. The molecule has 6 aliphatic rings. The van der Waals surface area contributed by atoms with Gasteiger partial charge in [0.2, 0.25) is 0 Å². The molecule has 2 aliphatic heterocycles. The quantitative estimate of drug-likeness (QED) is 0.197. The number of rotatable bonds is 4. The summed E-state index contributed by atoms with van der Waals surface area (Å²) >= 11 is 0. The van der Waals surface area contributed by atoms with Crippen molar-refractivity contribution in [2.45, 2.75) is 37.4 Å². The smallest absolute Gasteiger partial charge is 0.159 e. The molecule has 56 heavy (non-hydrogen) atoms. The third kappa shape index (κ3) is 5.07. The highest BCUT2D eigenvalue weighted by atomic mass is 16.3. The van der Waals surface area contributed by atoms with Gasteiger partial charge in [-0.15, -0.1) is 0 Å². The Kier molecular flexibility index (Phi) is 7.00. The van der Waals surface area contributed by atoms with E-state index >= 15 is 0 Å². The van der Waals surface area contributed by atoms with E-state index in [1.54, 1.807) is 0 Å². The van der Waals surface area contributed by atoms with E-state index in [1.807, 2.05) is 0 Å². The lowest BCUT2D eigenvalue weighted by atomic mass is 9.85. The van der Waals surface area contributed by atoms with Crippen LogP contribution in [-0.4, -0.2) is 17.7 Å². The predicted molar refractivity (Wildman–Crippen MR) is 231 cm³/mol. The molecule has 1 aromatic heterocycles. The molecule has 0 fully saturated rings. The second-order valence-corrected chi connectivity index (χ2v) is 15.7. The van der Waals surface area contributed by atoms with Crippen molar-refractivity contribution in [3.05, 3.63) is 197 Å². The van der Waals surface area contributed by atoms with Crippen LogP contribution in [0.3, 0.4) is 0 Å². The van der Waals surface area contributed by atoms with Crippen LogP contribution in [0.4, 0.5) is 11.4 Å². The SMILES string of the molecule is C1=CC2=CC(C3=NC(c4ccc5ccccc5c4)NC(C4=Cc5oc6cc(N7c8cc9ccccc9cc8C8C=CC=CC87)ccc6c5CC4)=N3)=CCC2C=C1. The molecule has 6 aromatic rings. The van der Waals surface area contributed by atoms with Crippen molar-refractivity contribution in [3.63, 3.8) is 0 Å². The highest BCUT2D eigenvalue weighted by Gasteiger charge is 2.38. The predicted octanol–water partition coefficient (Wildman–Crippen LogP) is 11.9. The molecular formula is C51H38N4O. The van der Waals surface area contributed by atoms with Gasteiger partial charge in [-0.2, -0.15) is 0 Å². The van der Waals surface area contributed by atoms with Gasteiger partial charge in [-0.05, 0) is 106 Å². The monoisotopic (exact) mass is 722 g/mol. The molecular weight excluding hydrogens is 685 g/mol. The maximum Gasteiger partial charge on any atom is 0.159 e. The number of benzene rings is 5. The molecule has 268 valence electrons. The van der Waals surface area contributed by atoms with Crippen molar-refractivity contribution < 1.29 is 4.42 Å². The molecule has 5 heteroatoms. The molecule has 0 bridgehead atoms. The molecule has 12 rings (SSSR count). The van der Waals surface area contributed by atoms with Crippen molar-refractivity contribution in [2.24, 2.45) is 15.9 Å². The van der Waals surface area contributed by atoms with Gasteiger partial charge in [-0.25, -0.2) is 9.98 Å². The van der Waals surface area contributed by atoms with Crippen LogP contribution in [0.2, 0.25) is 0 Å². The summed E-state index contributed by atoms with van der Waals surface area (Å²) in [5, 5.41) is 9.90. The second kappa shape index (κ2) is 12.4. The van der Waals surface area contributed by atoms with Crippen molar-refractivity contribution in [1.82, 2.24) is 5.32 Å². The number of hydrogen-bond acceptors (Lipinski definition) is 5. The second-order valence-electron chi connectivity index (χ2n) is 15.7. The van der Waals surface area contributed by atoms with E-state index in [4.69, 9.17) is 14.4 Å². The molecule has 0 saturated carbocycles. The Bertz CT molecular complexity index is 2960. The van der Waals surface area contributed by atoms with Crippen LogP contribution >= 0.6 is 0 Å². The molecule has 0 saturated heterocycles. The van der Waals surface area contributed by atoms with Gasteiger partial charge in [-0.3, -0.25) is 0 Å². The van der Waals surface area contributed by atoms with Crippen molar-refractivity contribution in [1.29, 1.82) is 0 Å². The van der Waals surface area contributed by atoms with Crippen LogP contribution in [0.5, 0.6) is 0 Å². The minimum atomic E-state index is -0.269. The van der Waals surface area contributed by atoms with Crippen LogP contribution < -0.4 is 10.2 Å². The molecule has 4 aliphatic carbocycles. The summed E-state index contributed by atoms with van der Waals surface area (Å²) in [5.41, 5.74) is 10.6. The van der Waals surface area contributed by atoms with Gasteiger partial charge in [0.15, 0.2) is 5.84 Å². The number of furan rings is 1. The number of nitrogens with one attached hydrogen (secondary N) is 1. The van der Waals surface area contributed by atoms with Crippen LogP contribution in [-0.2, 0) is 6.42 Å². The maximum absolute atomic E-state index is 6.79. The van der Waals surface area contributed by atoms with Crippen LogP contribution in [0.15, 0.2) is 189 Å². The van der Waals surface area contributed by atoms with Gasteiger partial charge in [0.05, 0.1) is 6.04 Å². The summed E-state index contributed by atoms with van der Waals surface area (Å²) in [5.74, 6) is 3.27. The van der Waals surface area contributed by atoms with E-state index in [0.717, 1.165) is 64.7 Å². The van der Waals surface area contributed by atoms with E-state index in [1.165, 1.54) is 49.3 Å². The summed E-state index contributed by atoms with van der Waals surface area (Å²) in [4.78, 5) is 13.0. The zero-order valence-electron chi connectivity index (χ0n) is 30.8. The van der Waals surface area contributed by atoms with Gasteiger partial charge in [0.25, 0.3) is 0 Å². The lowest BCUT2D eigenvalue weighted by Gasteiger charge is -2.28. The lowest BCUT2D eigenvalue weighted by molar-refractivity contribution is 0.593. The molecule has 5 aromatic carbocycles. The molecule has 0 radical (unpaired) electrons. The molecule has 3 heterocycles. The lowest BCUT2D eigenvalue weighted by Crippen LogP contribution is -2.35. The number of nitrogens with zero attached hydrogens (tertiary/aromatic N) is 3. The van der Waals surface area contributed by atoms with Gasteiger partial charge >= 0.3 is 0 Å². The molecule has 0 spiro atoms. The number of amidine groups is 2. The molecule has 5 nitrogen and oxygen atoms in total. The maximum atomic E-state index is 6.79. The minimum absolute atomic E-state index is 0.216. The topological polar surface area (TPSA) is 53.1 Å². The third-order valence-corrected chi connectivity index (χ3v) is 12.4. The Hall–Kier alpha value is -6.72. The molecule has 0 amide bonds. The first-order chi connectivity index (χ1) is 27.7. The van der Waals surface area contributed by atoms with E-state index in [0.29, 0.717) is 11.8 Å². The first kappa shape index (κ1) is 31.6. The highest BCUT2D eigenvalue weighted by molar-refractivity contribution is 6.15. The van der Waals surface area contributed by atoms with Gasteiger partial charge in [-0.1, -0.05) is 115 Å². The van der Waals surface area contributed by atoms with Crippen molar-refractivity contribution >= 4 is 61.6 Å². The normalized spacial score (nSPS) is 23.1. The summed E-state index contributed by atoms with van der Waals surface area (Å²) in [6.07, 6.45) is 27.0. The Morgan fingerprint density at radius 2 is 1.55 bits per heavy atom. The molecule has 4 unspecified atom stereocenters.